The number of hydrazone groups is 1. The number of amidine groups is 2. The zero-order chi connectivity index (χ0) is 28.5. The summed E-state index contributed by atoms with van der Waals surface area (Å²) in [5, 5.41) is 16.1. The van der Waals surface area contributed by atoms with Crippen molar-refractivity contribution in [3.63, 3.8) is 0 Å². The van der Waals surface area contributed by atoms with Gasteiger partial charge in [0, 0.05) is 0 Å². The third-order valence-electron chi connectivity index (χ3n) is 6.22. The molecule has 0 radical (unpaired) electrons. The van der Waals surface area contributed by atoms with E-state index in [1.165, 1.54) is 36.0 Å². The summed E-state index contributed by atoms with van der Waals surface area (Å²) < 4.78 is 18.3. The third-order valence-corrected chi connectivity index (χ3v) is 7.78. The SMILES string of the molecule is CCCCCCCC1=NN2C(=N)/C(=C/c3cc(Br)c(OCCOc4cccc(C)c4)c(OCC)c3)C(=O)N=C2S1. The second kappa shape index (κ2) is 14.5. The number of aliphatic imine (C=N–C) groups is 1. The molecule has 2 aliphatic rings. The summed E-state index contributed by atoms with van der Waals surface area (Å²) in [6, 6.07) is 11.5. The van der Waals surface area contributed by atoms with Crippen LogP contribution in [0.15, 0.2) is 56.5 Å². The number of rotatable bonds is 14. The Morgan fingerprint density at radius 1 is 1.05 bits per heavy atom. The van der Waals surface area contributed by atoms with Crippen molar-refractivity contribution < 1.29 is 19.0 Å². The number of unbranched alkanes of at least 4 members (excludes halogenated alkanes) is 4. The van der Waals surface area contributed by atoms with Gasteiger partial charge in [-0.05, 0) is 95.8 Å². The number of hydrogen-bond acceptors (Lipinski definition) is 7. The molecule has 4 rings (SSSR count). The molecule has 2 aliphatic heterocycles. The molecule has 212 valence electrons. The Morgan fingerprint density at radius 2 is 1.85 bits per heavy atom. The number of hydrogen-bond donors (Lipinski definition) is 1. The van der Waals surface area contributed by atoms with Crippen LogP contribution in [0, 0.1) is 12.3 Å². The molecule has 2 heterocycles. The molecular weight excluding hydrogens is 592 g/mol. The average Bonchev–Trinajstić information content (AvgIpc) is 3.33. The Labute approximate surface area is 248 Å². The lowest BCUT2D eigenvalue weighted by Gasteiger charge is -2.20. The predicted molar refractivity (Wildman–Crippen MR) is 166 cm³/mol. The Kier molecular flexibility index (Phi) is 10.8. The van der Waals surface area contributed by atoms with Gasteiger partial charge in [0.15, 0.2) is 17.3 Å². The summed E-state index contributed by atoms with van der Waals surface area (Å²) in [4.78, 5) is 17.1. The highest BCUT2D eigenvalue weighted by atomic mass is 79.9. The zero-order valence-corrected chi connectivity index (χ0v) is 25.6. The van der Waals surface area contributed by atoms with Crippen LogP contribution < -0.4 is 14.2 Å². The van der Waals surface area contributed by atoms with Crippen LogP contribution in [-0.4, -0.2) is 46.8 Å². The summed E-state index contributed by atoms with van der Waals surface area (Å²) >= 11 is 4.96. The molecule has 0 saturated heterocycles. The third kappa shape index (κ3) is 7.75. The number of nitrogens with zero attached hydrogens (tertiary/aromatic N) is 3. The largest absolute Gasteiger partial charge is 0.490 e. The maximum Gasteiger partial charge on any atom is 0.283 e. The van der Waals surface area contributed by atoms with E-state index in [9.17, 15) is 4.79 Å². The Bertz CT molecular complexity index is 1340. The molecule has 0 spiro atoms. The van der Waals surface area contributed by atoms with Gasteiger partial charge in [-0.2, -0.15) is 15.1 Å². The molecule has 10 heteroatoms. The lowest BCUT2D eigenvalue weighted by molar-refractivity contribution is -0.114. The number of aryl methyl sites for hydroxylation is 1. The van der Waals surface area contributed by atoms with Crippen LogP contribution >= 0.6 is 27.7 Å². The van der Waals surface area contributed by atoms with Gasteiger partial charge in [-0.1, -0.05) is 44.7 Å². The van der Waals surface area contributed by atoms with E-state index in [0.29, 0.717) is 46.5 Å². The molecule has 1 amide bonds. The van der Waals surface area contributed by atoms with E-state index >= 15 is 0 Å². The molecule has 40 heavy (non-hydrogen) atoms. The average molecular weight is 628 g/mol. The first-order chi connectivity index (χ1) is 19.4. The van der Waals surface area contributed by atoms with E-state index in [1.54, 1.807) is 12.1 Å². The molecule has 0 fully saturated rings. The van der Waals surface area contributed by atoms with Gasteiger partial charge in [-0.3, -0.25) is 10.2 Å². The minimum atomic E-state index is -0.453. The quantitative estimate of drug-likeness (QED) is 0.171. The highest BCUT2D eigenvalue weighted by Crippen LogP contribution is 2.38. The standard InChI is InChI=1S/C30H35BrN4O4S/c1-4-6-7-8-9-13-26-34-35-28(32)23(29(36)33-30(35)40-26)17-21-18-24(31)27(25(19-21)37-5-2)39-15-14-38-22-12-10-11-20(3)16-22/h10-12,16-19,32H,4-9,13-15H2,1-3H3/b23-17-,32-28?. The van der Waals surface area contributed by atoms with E-state index in [0.717, 1.165) is 35.6 Å². The molecule has 1 N–H and O–H groups in total. The van der Waals surface area contributed by atoms with Crippen molar-refractivity contribution in [3.05, 3.63) is 57.6 Å². The van der Waals surface area contributed by atoms with Crippen LogP contribution in [0.5, 0.6) is 17.2 Å². The van der Waals surface area contributed by atoms with E-state index in [-0.39, 0.29) is 11.4 Å². The first-order valence-corrected chi connectivity index (χ1v) is 15.3. The fraction of sp³-hybridized carbons (Fsp3) is 0.400. The van der Waals surface area contributed by atoms with Crippen LogP contribution in [0.2, 0.25) is 0 Å². The van der Waals surface area contributed by atoms with Gasteiger partial charge in [0.1, 0.15) is 24.0 Å². The van der Waals surface area contributed by atoms with Gasteiger partial charge in [-0.25, -0.2) is 0 Å². The summed E-state index contributed by atoms with van der Waals surface area (Å²) in [5.41, 5.74) is 1.98. The second-order valence-electron chi connectivity index (χ2n) is 9.45. The van der Waals surface area contributed by atoms with Crippen LogP contribution in [0.1, 0.15) is 63.5 Å². The summed E-state index contributed by atoms with van der Waals surface area (Å²) in [6.45, 7) is 7.23. The van der Waals surface area contributed by atoms with Gasteiger partial charge in [-0.15, -0.1) is 0 Å². The second-order valence-corrected chi connectivity index (χ2v) is 11.3. The van der Waals surface area contributed by atoms with Gasteiger partial charge < -0.3 is 14.2 Å². The number of benzene rings is 2. The van der Waals surface area contributed by atoms with Crippen molar-refractivity contribution in [1.29, 1.82) is 5.41 Å². The van der Waals surface area contributed by atoms with E-state index in [2.05, 4.69) is 32.9 Å². The van der Waals surface area contributed by atoms with E-state index < -0.39 is 5.91 Å². The van der Waals surface area contributed by atoms with Crippen molar-refractivity contribution in [2.24, 2.45) is 10.1 Å². The fourth-order valence-corrected chi connectivity index (χ4v) is 5.76. The number of carbonyl (C=O) groups excluding carboxylic acids is 1. The van der Waals surface area contributed by atoms with Crippen molar-refractivity contribution >= 4 is 55.7 Å². The minimum absolute atomic E-state index is 0.0196. The maximum absolute atomic E-state index is 12.9. The summed E-state index contributed by atoms with van der Waals surface area (Å²) in [7, 11) is 0. The van der Waals surface area contributed by atoms with Crippen LogP contribution in [-0.2, 0) is 4.79 Å². The molecule has 0 bridgehead atoms. The number of ether oxygens (including phenoxy) is 3. The normalized spacial score (nSPS) is 15.7. The smallest absolute Gasteiger partial charge is 0.283 e. The minimum Gasteiger partial charge on any atom is -0.490 e. The van der Waals surface area contributed by atoms with E-state index in [4.69, 9.17) is 19.6 Å². The lowest BCUT2D eigenvalue weighted by Crippen LogP contribution is -2.35. The molecular formula is C30H35BrN4O4S. The zero-order valence-electron chi connectivity index (χ0n) is 23.2. The van der Waals surface area contributed by atoms with Crippen LogP contribution in [0.3, 0.4) is 0 Å². The number of halogens is 1. The van der Waals surface area contributed by atoms with Crippen LogP contribution in [0.25, 0.3) is 6.08 Å². The molecule has 0 saturated carbocycles. The molecule has 0 aromatic heterocycles. The number of thioether (sulfide) groups is 1. The molecule has 0 unspecified atom stereocenters. The topological polar surface area (TPSA) is 96.6 Å². The predicted octanol–water partition coefficient (Wildman–Crippen LogP) is 7.59. The van der Waals surface area contributed by atoms with Crippen molar-refractivity contribution in [1.82, 2.24) is 5.01 Å². The highest BCUT2D eigenvalue weighted by molar-refractivity contribution is 9.10. The molecule has 2 aromatic rings. The summed E-state index contributed by atoms with van der Waals surface area (Å²) in [6.07, 6.45) is 8.32. The Balaban J connectivity index is 1.44. The maximum atomic E-state index is 12.9. The van der Waals surface area contributed by atoms with Crippen molar-refractivity contribution in [2.45, 2.75) is 59.3 Å². The number of nitrogens with one attached hydrogen (secondary N) is 1. The lowest BCUT2D eigenvalue weighted by atomic mass is 10.1. The van der Waals surface area contributed by atoms with Gasteiger partial charge in [0.05, 0.1) is 16.7 Å². The highest BCUT2D eigenvalue weighted by Gasteiger charge is 2.35. The molecule has 0 atom stereocenters. The van der Waals surface area contributed by atoms with Crippen molar-refractivity contribution in [3.8, 4) is 17.2 Å². The van der Waals surface area contributed by atoms with E-state index in [1.807, 2.05) is 44.2 Å². The van der Waals surface area contributed by atoms with Gasteiger partial charge >= 0.3 is 0 Å². The first kappa shape index (κ1) is 29.9. The number of amides is 1. The Morgan fingerprint density at radius 3 is 2.62 bits per heavy atom. The van der Waals surface area contributed by atoms with Gasteiger partial charge in [0.2, 0.25) is 5.17 Å². The van der Waals surface area contributed by atoms with Crippen LogP contribution in [0.4, 0.5) is 0 Å². The summed E-state index contributed by atoms with van der Waals surface area (Å²) in [5.74, 6) is 1.43. The number of fused-ring (bicyclic) bond motifs is 1. The molecule has 2 aromatic carbocycles. The first-order valence-electron chi connectivity index (χ1n) is 13.7. The monoisotopic (exact) mass is 626 g/mol. The number of carbonyl (C=O) groups is 1. The fourth-order valence-electron chi connectivity index (χ4n) is 4.26. The van der Waals surface area contributed by atoms with Crippen molar-refractivity contribution in [2.75, 3.05) is 19.8 Å². The molecule has 0 aliphatic carbocycles. The van der Waals surface area contributed by atoms with Gasteiger partial charge in [0.25, 0.3) is 5.91 Å². The molecule has 8 nitrogen and oxygen atoms in total. The Hall–Kier alpha value is -3.11.